The summed E-state index contributed by atoms with van der Waals surface area (Å²) in [6, 6.07) is 6.04. The fourth-order valence-electron chi connectivity index (χ4n) is 1.67. The van der Waals surface area contributed by atoms with Gasteiger partial charge in [-0.25, -0.2) is 0 Å². The van der Waals surface area contributed by atoms with Crippen molar-refractivity contribution in [2.45, 2.75) is 24.6 Å². The molecule has 1 aliphatic heterocycles. The maximum absolute atomic E-state index is 12.7. The molecule has 2 rings (SSSR count). The number of aryl methyl sites for hydroxylation is 1. The molecule has 0 radical (unpaired) electrons. The van der Waals surface area contributed by atoms with Crippen LogP contribution in [-0.4, -0.2) is 18.7 Å². The number of hydrogen-bond donors (Lipinski definition) is 0. The number of hydrogen-bond acceptors (Lipinski definition) is 2. The van der Waals surface area contributed by atoms with E-state index in [0.29, 0.717) is 12.8 Å². The summed E-state index contributed by atoms with van der Waals surface area (Å²) in [7, 11) is 0. The molecule has 90 valence electrons. The van der Waals surface area contributed by atoms with Crippen molar-refractivity contribution in [3.05, 3.63) is 35.4 Å². The number of carbonyl (C=O) groups excluding carboxylic acids is 1. The Balaban J connectivity index is 2.16. The first-order valence-electron chi connectivity index (χ1n) is 5.16. The van der Waals surface area contributed by atoms with Gasteiger partial charge in [-0.05, 0) is 17.5 Å². The molecule has 0 aromatic heterocycles. The molecule has 0 spiro atoms. The van der Waals surface area contributed by atoms with Crippen molar-refractivity contribution < 1.29 is 18.0 Å². The summed E-state index contributed by atoms with van der Waals surface area (Å²) in [5.74, 6) is 0. The van der Waals surface area contributed by atoms with Crippen molar-refractivity contribution in [2.75, 3.05) is 0 Å². The smallest absolute Gasteiger partial charge is 0.303 e. The van der Waals surface area contributed by atoms with E-state index in [1.54, 1.807) is 12.1 Å². The van der Waals surface area contributed by atoms with Gasteiger partial charge in [0.1, 0.15) is 6.29 Å². The zero-order valence-electron chi connectivity index (χ0n) is 8.87. The van der Waals surface area contributed by atoms with Crippen LogP contribution >= 0.6 is 0 Å². The van der Waals surface area contributed by atoms with E-state index >= 15 is 0 Å². The molecule has 0 saturated heterocycles. The van der Waals surface area contributed by atoms with E-state index in [-0.39, 0.29) is 5.56 Å². The van der Waals surface area contributed by atoms with Crippen LogP contribution in [0.5, 0.6) is 0 Å². The number of rotatable bonds is 4. The highest BCUT2D eigenvalue weighted by Crippen LogP contribution is 2.47. The fraction of sp³-hybridized carbons (Fsp3) is 0.333. The molecule has 0 saturated carbocycles. The molecular weight excluding hydrogens is 231 g/mol. The summed E-state index contributed by atoms with van der Waals surface area (Å²) in [6.45, 7) is 0. The van der Waals surface area contributed by atoms with E-state index in [0.717, 1.165) is 18.1 Å². The fourth-order valence-corrected chi connectivity index (χ4v) is 1.67. The molecule has 0 N–H and O–H groups in total. The zero-order chi connectivity index (χ0) is 12.5. The Kier molecular flexibility index (Phi) is 2.77. The van der Waals surface area contributed by atoms with Crippen LogP contribution in [0.2, 0.25) is 0 Å². The Bertz CT molecular complexity index is 442. The normalized spacial score (nSPS) is 22.5. The van der Waals surface area contributed by atoms with Gasteiger partial charge in [0.2, 0.25) is 5.54 Å². The molecule has 0 amide bonds. The average molecular weight is 241 g/mol. The summed E-state index contributed by atoms with van der Waals surface area (Å²) in [5.41, 5.74) is -1.13. The van der Waals surface area contributed by atoms with E-state index in [2.05, 4.69) is 4.99 Å². The number of aliphatic imine (C=N–C) groups is 1. The Morgan fingerprint density at radius 1 is 1.24 bits per heavy atom. The molecule has 0 aliphatic carbocycles. The van der Waals surface area contributed by atoms with Crippen LogP contribution in [0.4, 0.5) is 13.2 Å². The van der Waals surface area contributed by atoms with Crippen LogP contribution < -0.4 is 0 Å². The lowest BCUT2D eigenvalue weighted by Gasteiger charge is -2.17. The Morgan fingerprint density at radius 3 is 2.24 bits per heavy atom. The number of alkyl halides is 3. The third kappa shape index (κ3) is 2.09. The standard InChI is InChI=1S/C12H10F3NO/c13-12(14,15)11(8-16-11)10-5-3-9(4-6-10)2-1-7-17/h3-8H,1-2H2. The topological polar surface area (TPSA) is 29.4 Å². The van der Waals surface area contributed by atoms with Crippen LogP contribution in [-0.2, 0) is 16.8 Å². The lowest BCUT2D eigenvalue weighted by Crippen LogP contribution is -2.31. The Labute approximate surface area is 96.2 Å². The van der Waals surface area contributed by atoms with Crippen molar-refractivity contribution >= 4 is 12.5 Å². The van der Waals surface area contributed by atoms with Crippen LogP contribution in [0.1, 0.15) is 17.5 Å². The van der Waals surface area contributed by atoms with Gasteiger partial charge in [0.25, 0.3) is 0 Å². The molecule has 5 heteroatoms. The van der Waals surface area contributed by atoms with Crippen LogP contribution in [0.15, 0.2) is 29.3 Å². The lowest BCUT2D eigenvalue weighted by molar-refractivity contribution is -0.156. The Morgan fingerprint density at radius 2 is 1.82 bits per heavy atom. The van der Waals surface area contributed by atoms with Crippen molar-refractivity contribution in [3.63, 3.8) is 0 Å². The second kappa shape index (κ2) is 3.98. The van der Waals surface area contributed by atoms with Crippen molar-refractivity contribution in [3.8, 4) is 0 Å². The number of carbonyl (C=O) groups is 1. The predicted octanol–water partition coefficient (Wildman–Crippen LogP) is 2.66. The minimum Gasteiger partial charge on any atom is -0.303 e. The van der Waals surface area contributed by atoms with Gasteiger partial charge in [-0.3, -0.25) is 4.99 Å². The highest BCUT2D eigenvalue weighted by molar-refractivity contribution is 5.87. The van der Waals surface area contributed by atoms with E-state index in [9.17, 15) is 18.0 Å². The first-order valence-corrected chi connectivity index (χ1v) is 5.16. The van der Waals surface area contributed by atoms with Gasteiger partial charge >= 0.3 is 6.18 Å². The highest BCUT2D eigenvalue weighted by atomic mass is 19.4. The largest absolute Gasteiger partial charge is 0.422 e. The molecule has 1 aromatic rings. The molecule has 2 nitrogen and oxygen atoms in total. The van der Waals surface area contributed by atoms with Gasteiger partial charge in [-0.15, -0.1) is 0 Å². The predicted molar refractivity (Wildman–Crippen MR) is 57.1 cm³/mol. The van der Waals surface area contributed by atoms with Gasteiger partial charge in [0.15, 0.2) is 0 Å². The molecule has 1 atom stereocenters. The summed E-state index contributed by atoms with van der Waals surface area (Å²) in [5, 5.41) is 0. The highest BCUT2D eigenvalue weighted by Gasteiger charge is 2.61. The van der Waals surface area contributed by atoms with E-state index in [1.165, 1.54) is 12.1 Å². The molecule has 17 heavy (non-hydrogen) atoms. The number of nitrogens with zero attached hydrogens (tertiary/aromatic N) is 1. The number of aldehydes is 1. The van der Waals surface area contributed by atoms with Gasteiger partial charge in [-0.1, -0.05) is 24.3 Å². The van der Waals surface area contributed by atoms with Crippen LogP contribution in [0, 0.1) is 0 Å². The second-order valence-corrected chi connectivity index (χ2v) is 3.92. The number of benzene rings is 1. The average Bonchev–Trinajstić information content (AvgIpc) is 3.07. The summed E-state index contributed by atoms with van der Waals surface area (Å²) in [4.78, 5) is 13.5. The van der Waals surface area contributed by atoms with Gasteiger partial charge in [0, 0.05) is 12.6 Å². The Hall–Kier alpha value is -1.65. The van der Waals surface area contributed by atoms with Crippen LogP contribution in [0.3, 0.4) is 0 Å². The number of halogens is 3. The third-order valence-electron chi connectivity index (χ3n) is 2.76. The first-order chi connectivity index (χ1) is 7.99. The second-order valence-electron chi connectivity index (χ2n) is 3.92. The lowest BCUT2D eigenvalue weighted by atomic mass is 9.95. The molecule has 1 heterocycles. The molecular formula is C12H10F3NO. The maximum atomic E-state index is 12.7. The van der Waals surface area contributed by atoms with Gasteiger partial charge < -0.3 is 4.79 Å². The van der Waals surface area contributed by atoms with E-state index in [4.69, 9.17) is 0 Å². The van der Waals surface area contributed by atoms with Crippen LogP contribution in [0.25, 0.3) is 0 Å². The summed E-state index contributed by atoms with van der Waals surface area (Å²) < 4.78 is 38.1. The quantitative estimate of drug-likeness (QED) is 0.745. The molecule has 1 unspecified atom stereocenters. The molecule has 1 aromatic carbocycles. The maximum Gasteiger partial charge on any atom is 0.422 e. The molecule has 0 bridgehead atoms. The van der Waals surface area contributed by atoms with Crippen molar-refractivity contribution in [2.24, 2.45) is 4.99 Å². The van der Waals surface area contributed by atoms with Gasteiger partial charge in [-0.2, -0.15) is 13.2 Å². The summed E-state index contributed by atoms with van der Waals surface area (Å²) in [6.07, 6.45) is -1.76. The van der Waals surface area contributed by atoms with E-state index in [1.807, 2.05) is 0 Å². The third-order valence-corrected chi connectivity index (χ3v) is 2.76. The molecule has 1 aliphatic rings. The SMILES string of the molecule is O=CCCc1ccc(C2(C(F)(F)F)C=N2)cc1. The van der Waals surface area contributed by atoms with Crippen molar-refractivity contribution in [1.29, 1.82) is 0 Å². The monoisotopic (exact) mass is 241 g/mol. The molecule has 0 fully saturated rings. The van der Waals surface area contributed by atoms with E-state index < -0.39 is 11.7 Å². The minimum atomic E-state index is -4.38. The first kappa shape index (κ1) is 11.8. The van der Waals surface area contributed by atoms with Crippen molar-refractivity contribution in [1.82, 2.24) is 0 Å². The summed E-state index contributed by atoms with van der Waals surface area (Å²) >= 11 is 0. The minimum absolute atomic E-state index is 0.125. The van der Waals surface area contributed by atoms with Gasteiger partial charge in [0.05, 0.1) is 0 Å². The zero-order valence-corrected chi connectivity index (χ0v) is 8.87.